The van der Waals surface area contributed by atoms with Gasteiger partial charge in [0, 0.05) is 0 Å². The monoisotopic (exact) mass is 601 g/mol. The Kier molecular flexibility index (Phi) is 9.09. The zero-order chi connectivity index (χ0) is 29.8. The summed E-state index contributed by atoms with van der Waals surface area (Å²) in [6.45, 7) is 6.87. The molecule has 1 saturated heterocycles. The molecule has 0 aromatic heterocycles. The molecule has 0 unspecified atom stereocenters. The number of ether oxygens (including phenoxy) is 3. The molecule has 0 bridgehead atoms. The highest BCUT2D eigenvalue weighted by Crippen LogP contribution is 2.39. The van der Waals surface area contributed by atoms with E-state index in [-0.39, 0.29) is 24.3 Å². The summed E-state index contributed by atoms with van der Waals surface area (Å²) in [6, 6.07) is 23.7. The van der Waals surface area contributed by atoms with Crippen molar-refractivity contribution in [2.45, 2.75) is 33.3 Å². The first-order valence-electron chi connectivity index (χ1n) is 13.7. The third-order valence-corrected chi connectivity index (χ3v) is 8.23. The number of carbonyl (C=O) groups excluding carboxylic acids is 2. The van der Waals surface area contributed by atoms with E-state index in [1.165, 1.54) is 12.0 Å². The van der Waals surface area contributed by atoms with Gasteiger partial charge in [-0.05, 0) is 81.9 Å². The summed E-state index contributed by atoms with van der Waals surface area (Å²) in [5, 5.41) is 2.24. The molecule has 4 aromatic rings. The summed E-state index contributed by atoms with van der Waals surface area (Å²) in [4.78, 5) is 27.4. The molecule has 1 aliphatic rings. The van der Waals surface area contributed by atoms with Crippen molar-refractivity contribution in [1.29, 1.82) is 0 Å². The average molecular weight is 602 g/mol. The van der Waals surface area contributed by atoms with E-state index in [0.717, 1.165) is 45.0 Å². The van der Waals surface area contributed by atoms with Gasteiger partial charge in [0.2, 0.25) is 0 Å². The van der Waals surface area contributed by atoms with E-state index >= 15 is 0 Å². The van der Waals surface area contributed by atoms with Crippen molar-refractivity contribution in [2.24, 2.45) is 0 Å². The molecule has 0 spiro atoms. The third kappa shape index (κ3) is 6.42. The summed E-state index contributed by atoms with van der Waals surface area (Å²) in [6.07, 6.45) is 1.64. The molecular weight excluding hydrogens is 570 g/mol. The van der Waals surface area contributed by atoms with Gasteiger partial charge in [0.1, 0.15) is 19.0 Å². The van der Waals surface area contributed by atoms with Gasteiger partial charge in [-0.15, -0.1) is 0 Å². The number of fused-ring (bicyclic) bond motifs is 1. The standard InChI is InChI=1S/C34H32ClNO5S/c1-21(2)26-13-12-22(3)16-29(26)40-15-14-36-33(37)31(42-34(36)38)19-23-17-28(35)32(30(18-23)39-4)41-20-25-10-7-9-24-8-5-6-11-27(24)25/h5-13,16-19,21H,14-15,20H2,1-4H3/b31-19-. The molecule has 42 heavy (non-hydrogen) atoms. The molecule has 4 aromatic carbocycles. The highest BCUT2D eigenvalue weighted by molar-refractivity contribution is 8.18. The van der Waals surface area contributed by atoms with Gasteiger partial charge in [-0.25, -0.2) is 0 Å². The van der Waals surface area contributed by atoms with Crippen LogP contribution in [0.25, 0.3) is 16.8 Å². The fourth-order valence-electron chi connectivity index (χ4n) is 4.87. The Morgan fingerprint density at radius 3 is 2.52 bits per heavy atom. The third-order valence-electron chi connectivity index (χ3n) is 7.04. The number of hydrogen-bond acceptors (Lipinski definition) is 6. The van der Waals surface area contributed by atoms with Crippen LogP contribution in [-0.2, 0) is 11.4 Å². The van der Waals surface area contributed by atoms with Crippen LogP contribution in [0.4, 0.5) is 4.79 Å². The Hall–Kier alpha value is -3.94. The number of carbonyl (C=O) groups is 2. The number of nitrogens with zero attached hydrogens (tertiary/aromatic N) is 1. The summed E-state index contributed by atoms with van der Waals surface area (Å²) < 4.78 is 17.7. The lowest BCUT2D eigenvalue weighted by molar-refractivity contribution is -0.123. The molecule has 0 saturated carbocycles. The van der Waals surface area contributed by atoms with Crippen LogP contribution in [0.1, 0.15) is 42.0 Å². The summed E-state index contributed by atoms with van der Waals surface area (Å²) in [5.74, 6) is 1.54. The van der Waals surface area contributed by atoms with Crippen LogP contribution >= 0.6 is 23.4 Å². The summed E-state index contributed by atoms with van der Waals surface area (Å²) in [5.41, 5.74) is 3.82. The molecule has 0 radical (unpaired) electrons. The van der Waals surface area contributed by atoms with Crippen LogP contribution in [0.15, 0.2) is 77.7 Å². The first kappa shape index (κ1) is 29.5. The molecule has 6 nitrogen and oxygen atoms in total. The lowest BCUT2D eigenvalue weighted by atomic mass is 10.0. The molecule has 0 aliphatic carbocycles. The Balaban J connectivity index is 1.28. The van der Waals surface area contributed by atoms with Crippen LogP contribution in [0.2, 0.25) is 5.02 Å². The van der Waals surface area contributed by atoms with E-state index in [1.807, 2.05) is 43.3 Å². The van der Waals surface area contributed by atoms with Crippen LogP contribution in [0, 0.1) is 6.92 Å². The van der Waals surface area contributed by atoms with Crippen molar-refractivity contribution in [3.05, 3.63) is 105 Å². The van der Waals surface area contributed by atoms with Crippen molar-refractivity contribution in [3.8, 4) is 17.2 Å². The Labute approximate surface area is 255 Å². The number of imide groups is 1. The zero-order valence-electron chi connectivity index (χ0n) is 24.0. The lowest BCUT2D eigenvalue weighted by Gasteiger charge is -2.17. The predicted molar refractivity (Wildman–Crippen MR) is 170 cm³/mol. The van der Waals surface area contributed by atoms with Gasteiger partial charge in [0.15, 0.2) is 11.5 Å². The number of hydrogen-bond donors (Lipinski definition) is 0. The van der Waals surface area contributed by atoms with Crippen LogP contribution < -0.4 is 14.2 Å². The van der Waals surface area contributed by atoms with Gasteiger partial charge >= 0.3 is 0 Å². The first-order valence-corrected chi connectivity index (χ1v) is 14.9. The topological polar surface area (TPSA) is 65.1 Å². The van der Waals surface area contributed by atoms with Crippen molar-refractivity contribution in [2.75, 3.05) is 20.3 Å². The van der Waals surface area contributed by atoms with Gasteiger partial charge in [-0.2, -0.15) is 0 Å². The minimum Gasteiger partial charge on any atom is -0.493 e. The number of aryl methyl sites for hydroxylation is 1. The van der Waals surface area contributed by atoms with Crippen LogP contribution in [-0.4, -0.2) is 36.3 Å². The highest BCUT2D eigenvalue weighted by Gasteiger charge is 2.35. The molecule has 1 fully saturated rings. The average Bonchev–Trinajstić information content (AvgIpc) is 3.23. The Bertz CT molecular complexity index is 1680. The smallest absolute Gasteiger partial charge is 0.293 e. The first-order chi connectivity index (χ1) is 20.2. The van der Waals surface area contributed by atoms with Gasteiger partial charge in [0.25, 0.3) is 11.1 Å². The number of thioether (sulfide) groups is 1. The quantitative estimate of drug-likeness (QED) is 0.170. The van der Waals surface area contributed by atoms with Crippen LogP contribution in [0.3, 0.4) is 0 Å². The van der Waals surface area contributed by atoms with Crippen molar-refractivity contribution in [3.63, 3.8) is 0 Å². The molecule has 5 rings (SSSR count). The summed E-state index contributed by atoms with van der Waals surface area (Å²) in [7, 11) is 1.53. The molecular formula is C34H32ClNO5S. The number of rotatable bonds is 10. The number of amides is 2. The lowest BCUT2D eigenvalue weighted by Crippen LogP contribution is -2.32. The van der Waals surface area contributed by atoms with Crippen molar-refractivity contribution < 1.29 is 23.8 Å². The maximum Gasteiger partial charge on any atom is 0.293 e. The normalized spacial score (nSPS) is 14.3. The number of benzene rings is 4. The minimum atomic E-state index is -0.367. The Morgan fingerprint density at radius 2 is 1.74 bits per heavy atom. The van der Waals surface area contributed by atoms with E-state index in [9.17, 15) is 9.59 Å². The van der Waals surface area contributed by atoms with E-state index in [4.69, 9.17) is 25.8 Å². The van der Waals surface area contributed by atoms with E-state index in [1.54, 1.807) is 18.2 Å². The van der Waals surface area contributed by atoms with E-state index < -0.39 is 0 Å². The maximum absolute atomic E-state index is 13.1. The largest absolute Gasteiger partial charge is 0.493 e. The second kappa shape index (κ2) is 12.9. The maximum atomic E-state index is 13.1. The van der Waals surface area contributed by atoms with Crippen molar-refractivity contribution in [1.82, 2.24) is 4.90 Å². The Morgan fingerprint density at radius 1 is 0.952 bits per heavy atom. The molecule has 0 atom stereocenters. The second-order valence-corrected chi connectivity index (χ2v) is 11.7. The van der Waals surface area contributed by atoms with Gasteiger partial charge in [0.05, 0.1) is 23.6 Å². The second-order valence-electron chi connectivity index (χ2n) is 10.3. The van der Waals surface area contributed by atoms with Gasteiger partial charge < -0.3 is 14.2 Å². The minimum absolute atomic E-state index is 0.151. The van der Waals surface area contributed by atoms with E-state index in [2.05, 4.69) is 38.1 Å². The summed E-state index contributed by atoms with van der Waals surface area (Å²) >= 11 is 7.52. The molecule has 1 heterocycles. The fraction of sp³-hybridized carbons (Fsp3) is 0.235. The van der Waals surface area contributed by atoms with Gasteiger partial charge in [-0.3, -0.25) is 14.5 Å². The van der Waals surface area contributed by atoms with E-state index in [0.29, 0.717) is 39.5 Å². The molecule has 216 valence electrons. The molecule has 8 heteroatoms. The number of methoxy groups -OCH3 is 1. The highest BCUT2D eigenvalue weighted by atomic mass is 35.5. The zero-order valence-corrected chi connectivity index (χ0v) is 25.6. The SMILES string of the molecule is COc1cc(/C=C2\SC(=O)N(CCOc3cc(C)ccc3C(C)C)C2=O)cc(Cl)c1OCc1cccc2ccccc12. The molecule has 0 N–H and O–H groups in total. The van der Waals surface area contributed by atoms with Crippen molar-refractivity contribution >= 4 is 51.4 Å². The molecule has 2 amide bonds. The fourth-order valence-corrected chi connectivity index (χ4v) is 6.00. The molecule has 1 aliphatic heterocycles. The van der Waals surface area contributed by atoms with Gasteiger partial charge in [-0.1, -0.05) is 80.0 Å². The van der Waals surface area contributed by atoms with Crippen LogP contribution in [0.5, 0.6) is 17.2 Å². The predicted octanol–water partition coefficient (Wildman–Crippen LogP) is 8.63. The number of halogens is 1.